The Morgan fingerprint density at radius 3 is 2.55 bits per heavy atom. The molecule has 4 rings (SSSR count). The van der Waals surface area contributed by atoms with Gasteiger partial charge in [-0.05, 0) is 36.3 Å². The molecule has 10 heteroatoms. The van der Waals surface area contributed by atoms with E-state index in [1.165, 1.54) is 18.3 Å². The molecule has 1 heterocycles. The molecular weight excluding hydrogens is 579 g/mol. The molecule has 2 unspecified atom stereocenters. The molecular formula is C32H30Cl2N2O6. The van der Waals surface area contributed by atoms with Gasteiger partial charge in [0.2, 0.25) is 0 Å². The first-order valence-corrected chi connectivity index (χ1v) is 13.9. The summed E-state index contributed by atoms with van der Waals surface area (Å²) in [5.74, 6) is -0.0833. The number of alkyl halides is 1. The van der Waals surface area contributed by atoms with Crippen molar-refractivity contribution in [3.8, 4) is 17.6 Å². The van der Waals surface area contributed by atoms with Crippen molar-refractivity contribution >= 4 is 35.1 Å². The average molecular weight is 610 g/mol. The molecule has 0 saturated carbocycles. The van der Waals surface area contributed by atoms with E-state index in [1.807, 2.05) is 55.5 Å². The number of carbonyl (C=O) groups is 1. The number of allylic oxidation sites excluding steroid dienone is 2. The predicted octanol–water partition coefficient (Wildman–Crippen LogP) is 5.38. The maximum atomic E-state index is 11.8. The number of hydrogen-bond donors (Lipinski definition) is 2. The van der Waals surface area contributed by atoms with Crippen LogP contribution in [0.2, 0.25) is 5.02 Å². The number of rotatable bonds is 13. The van der Waals surface area contributed by atoms with Crippen molar-refractivity contribution in [1.29, 1.82) is 5.26 Å². The molecule has 1 aliphatic carbocycles. The molecule has 1 aliphatic rings. The molecule has 0 bridgehead atoms. The highest BCUT2D eigenvalue weighted by Crippen LogP contribution is 2.47. The number of nitrogens with zero attached hydrogens (tertiary/aromatic N) is 2. The zero-order valence-electron chi connectivity index (χ0n) is 22.9. The van der Waals surface area contributed by atoms with Crippen molar-refractivity contribution in [1.82, 2.24) is 4.98 Å². The van der Waals surface area contributed by atoms with Crippen LogP contribution in [0.15, 0.2) is 79.2 Å². The van der Waals surface area contributed by atoms with Gasteiger partial charge in [0.05, 0.1) is 36.0 Å². The van der Waals surface area contributed by atoms with Crippen LogP contribution in [0.1, 0.15) is 34.0 Å². The fourth-order valence-electron chi connectivity index (χ4n) is 4.52. The highest BCUT2D eigenvalue weighted by Gasteiger charge is 2.51. The zero-order valence-corrected chi connectivity index (χ0v) is 24.4. The number of aliphatic hydroxyl groups excluding tert-OH is 2. The number of halogens is 2. The number of pyridine rings is 1. The minimum atomic E-state index is -1.26. The van der Waals surface area contributed by atoms with E-state index in [9.17, 15) is 15.0 Å². The Balaban J connectivity index is 1.63. The van der Waals surface area contributed by atoms with Gasteiger partial charge >= 0.3 is 0 Å². The number of aromatic nitrogens is 1. The van der Waals surface area contributed by atoms with Crippen LogP contribution in [0.25, 0.3) is 5.57 Å². The summed E-state index contributed by atoms with van der Waals surface area (Å²) < 4.78 is 18.5. The number of ether oxygens (including phenoxy) is 3. The Bertz CT molecular complexity index is 1500. The molecule has 2 N–H and O–H groups in total. The molecule has 218 valence electrons. The lowest BCUT2D eigenvalue weighted by atomic mass is 9.76. The molecule has 0 amide bonds. The van der Waals surface area contributed by atoms with Crippen LogP contribution in [0.4, 0.5) is 0 Å². The van der Waals surface area contributed by atoms with Crippen LogP contribution in [0.3, 0.4) is 0 Å². The maximum Gasteiger partial charge on any atom is 0.153 e. The number of nitriles is 1. The number of carbonyl (C=O) groups excluding carboxylic acids is 1. The minimum absolute atomic E-state index is 0.00699. The molecule has 0 radical (unpaired) electrons. The lowest BCUT2D eigenvalue weighted by Crippen LogP contribution is -2.55. The highest BCUT2D eigenvalue weighted by atomic mass is 35.5. The Kier molecular flexibility index (Phi) is 10.4. The minimum Gasteiger partial charge on any atom is -0.488 e. The zero-order chi connectivity index (χ0) is 30.2. The lowest BCUT2D eigenvalue weighted by Gasteiger charge is -2.46. The third kappa shape index (κ3) is 6.84. The molecule has 0 aliphatic heterocycles. The molecule has 0 spiro atoms. The van der Waals surface area contributed by atoms with Gasteiger partial charge in [0.1, 0.15) is 41.3 Å². The van der Waals surface area contributed by atoms with E-state index in [0.29, 0.717) is 17.4 Å². The van der Waals surface area contributed by atoms with Crippen molar-refractivity contribution in [2.24, 2.45) is 5.92 Å². The summed E-state index contributed by atoms with van der Waals surface area (Å²) in [6.07, 6.45) is 9.17. The number of aliphatic hydroxyl groups is 2. The van der Waals surface area contributed by atoms with Crippen LogP contribution >= 0.6 is 23.2 Å². The Morgan fingerprint density at radius 2 is 1.86 bits per heavy atom. The average Bonchev–Trinajstić information content (AvgIpc) is 3.01. The summed E-state index contributed by atoms with van der Waals surface area (Å²) in [4.78, 5) is 14.7. The van der Waals surface area contributed by atoms with Crippen LogP contribution in [0, 0.1) is 17.2 Å². The quantitative estimate of drug-likeness (QED) is 0.196. The number of benzene rings is 2. The van der Waals surface area contributed by atoms with Gasteiger partial charge < -0.3 is 24.4 Å². The summed E-state index contributed by atoms with van der Waals surface area (Å²) >= 11 is 13.8. The van der Waals surface area contributed by atoms with Gasteiger partial charge in [-0.3, -0.25) is 9.78 Å². The summed E-state index contributed by atoms with van der Waals surface area (Å²) in [5.41, 5.74) is 1.67. The van der Waals surface area contributed by atoms with Gasteiger partial charge in [0, 0.05) is 29.9 Å². The summed E-state index contributed by atoms with van der Waals surface area (Å²) in [6.45, 7) is 1.23. The van der Waals surface area contributed by atoms with Gasteiger partial charge in [0.15, 0.2) is 6.29 Å². The SMILES string of the molecule is CC1(Cl)C(c2ccccc2)=CC=CC1(COc1cc(OCc2cncc(C#N)c2)c(C=O)cc1Cl)OCC(CO)CO. The third-order valence-corrected chi connectivity index (χ3v) is 7.88. The first kappa shape index (κ1) is 31.2. The van der Waals surface area contributed by atoms with Gasteiger partial charge in [-0.15, -0.1) is 11.6 Å². The summed E-state index contributed by atoms with van der Waals surface area (Å²) in [7, 11) is 0. The Hall–Kier alpha value is -3.71. The molecule has 0 fully saturated rings. The molecule has 3 aromatic rings. The van der Waals surface area contributed by atoms with E-state index in [4.69, 9.17) is 42.7 Å². The monoisotopic (exact) mass is 608 g/mol. The normalized spacial score (nSPS) is 19.7. The van der Waals surface area contributed by atoms with Gasteiger partial charge in [0.25, 0.3) is 0 Å². The molecule has 2 aromatic carbocycles. The van der Waals surface area contributed by atoms with E-state index in [0.717, 1.165) is 11.1 Å². The molecule has 2 atom stereocenters. The fraction of sp³-hybridized carbons (Fsp3) is 0.281. The van der Waals surface area contributed by atoms with Crippen molar-refractivity contribution in [2.75, 3.05) is 26.4 Å². The third-order valence-electron chi connectivity index (χ3n) is 7.06. The van der Waals surface area contributed by atoms with Gasteiger partial charge in [-0.2, -0.15) is 5.26 Å². The van der Waals surface area contributed by atoms with Crippen molar-refractivity contribution in [3.05, 3.63) is 106 Å². The molecule has 8 nitrogen and oxygen atoms in total. The van der Waals surface area contributed by atoms with Crippen LogP contribution < -0.4 is 9.47 Å². The van der Waals surface area contributed by atoms with Gasteiger partial charge in [-0.1, -0.05) is 54.1 Å². The van der Waals surface area contributed by atoms with E-state index < -0.39 is 16.4 Å². The first-order chi connectivity index (χ1) is 20.3. The second-order valence-corrected chi connectivity index (χ2v) is 11.1. The second kappa shape index (κ2) is 14.0. The largest absolute Gasteiger partial charge is 0.488 e. The highest BCUT2D eigenvalue weighted by molar-refractivity contribution is 6.32. The summed E-state index contributed by atoms with van der Waals surface area (Å²) in [6, 6.07) is 16.3. The van der Waals surface area contributed by atoms with Gasteiger partial charge in [-0.25, -0.2) is 0 Å². The van der Waals surface area contributed by atoms with E-state index in [1.54, 1.807) is 18.3 Å². The smallest absolute Gasteiger partial charge is 0.153 e. The number of aldehydes is 1. The topological polar surface area (TPSA) is 122 Å². The van der Waals surface area contributed by atoms with Crippen LogP contribution in [-0.2, 0) is 11.3 Å². The maximum absolute atomic E-state index is 11.8. The standard InChI is InChI=1S/C32H30Cl2N2O6/c1-31(34)27(25-6-3-2-4-7-25)8-5-9-32(31,42-20-24(16-37)17-38)21-41-30-12-29(26(18-39)11-28(30)33)40-19-23-10-22(13-35)14-36-15-23/h2-12,14-15,18,24,37-38H,16-17,19-21H2,1H3. The Labute approximate surface area is 254 Å². The van der Waals surface area contributed by atoms with Crippen molar-refractivity contribution < 1.29 is 29.2 Å². The first-order valence-electron chi connectivity index (χ1n) is 13.1. The van der Waals surface area contributed by atoms with Crippen LogP contribution in [0.5, 0.6) is 11.5 Å². The van der Waals surface area contributed by atoms with Crippen LogP contribution in [-0.4, -0.2) is 58.4 Å². The van der Waals surface area contributed by atoms with Crippen molar-refractivity contribution in [3.63, 3.8) is 0 Å². The van der Waals surface area contributed by atoms with E-state index in [2.05, 4.69) is 4.98 Å². The van der Waals surface area contributed by atoms with Crippen molar-refractivity contribution in [2.45, 2.75) is 24.0 Å². The lowest BCUT2D eigenvalue weighted by molar-refractivity contribution is -0.0769. The summed E-state index contributed by atoms with van der Waals surface area (Å²) in [5, 5.41) is 28.7. The fourth-order valence-corrected chi connectivity index (χ4v) is 5.09. The second-order valence-electron chi connectivity index (χ2n) is 9.95. The van der Waals surface area contributed by atoms with E-state index >= 15 is 0 Å². The number of hydrogen-bond acceptors (Lipinski definition) is 8. The molecule has 0 saturated heterocycles. The van der Waals surface area contributed by atoms with E-state index in [-0.39, 0.29) is 55.1 Å². The molecule has 1 aromatic heterocycles. The Morgan fingerprint density at radius 1 is 1.10 bits per heavy atom. The molecule has 42 heavy (non-hydrogen) atoms. The predicted molar refractivity (Wildman–Crippen MR) is 160 cm³/mol.